The molecule has 29 heavy (non-hydrogen) atoms. The molecule has 1 fully saturated rings. The second kappa shape index (κ2) is 7.42. The van der Waals surface area contributed by atoms with E-state index in [0.29, 0.717) is 34.4 Å². The lowest BCUT2D eigenvalue weighted by molar-refractivity contribution is -0.141. The first kappa shape index (κ1) is 19.3. The zero-order valence-corrected chi connectivity index (χ0v) is 16.0. The molecule has 2 aromatic rings. The molecule has 152 valence electrons. The highest BCUT2D eigenvalue weighted by Gasteiger charge is 2.47. The van der Waals surface area contributed by atoms with E-state index in [1.165, 1.54) is 18.3 Å². The van der Waals surface area contributed by atoms with Crippen LogP contribution >= 0.6 is 0 Å². The maximum atomic E-state index is 14.1. The van der Waals surface area contributed by atoms with Gasteiger partial charge in [-0.2, -0.15) is 8.78 Å². The van der Waals surface area contributed by atoms with Gasteiger partial charge in [-0.25, -0.2) is 4.98 Å². The number of ketones is 1. The van der Waals surface area contributed by atoms with E-state index in [4.69, 9.17) is 0 Å². The third-order valence-electron chi connectivity index (χ3n) is 5.51. The Morgan fingerprint density at radius 1 is 1.21 bits per heavy atom. The summed E-state index contributed by atoms with van der Waals surface area (Å²) in [7, 11) is 1.56. The molecule has 1 aromatic heterocycles. The molecule has 2 aliphatic carbocycles. The van der Waals surface area contributed by atoms with E-state index in [-0.39, 0.29) is 17.9 Å². The first-order chi connectivity index (χ1) is 13.9. The molecule has 0 bridgehead atoms. The van der Waals surface area contributed by atoms with Gasteiger partial charge in [-0.1, -0.05) is 18.9 Å². The van der Waals surface area contributed by atoms with Crippen molar-refractivity contribution in [1.82, 2.24) is 10.3 Å². The summed E-state index contributed by atoms with van der Waals surface area (Å²) in [5.74, 6) is -4.37. The van der Waals surface area contributed by atoms with Crippen LogP contribution in [-0.2, 0) is 17.1 Å². The van der Waals surface area contributed by atoms with E-state index in [9.17, 15) is 18.4 Å². The van der Waals surface area contributed by atoms with Crippen LogP contribution in [0.3, 0.4) is 0 Å². The minimum Gasteiger partial charge on any atom is -0.382 e. The molecule has 0 saturated heterocycles. The van der Waals surface area contributed by atoms with E-state index >= 15 is 0 Å². The number of benzene rings is 1. The van der Waals surface area contributed by atoms with Crippen LogP contribution in [0.5, 0.6) is 0 Å². The summed E-state index contributed by atoms with van der Waals surface area (Å²) < 4.78 is 28.1. The van der Waals surface area contributed by atoms with Crippen molar-refractivity contribution in [1.29, 1.82) is 0 Å². The molecular formula is C21H22F2N4O2. The molecule has 0 aliphatic heterocycles. The monoisotopic (exact) mass is 400 g/mol. The minimum absolute atomic E-state index is 0.250. The molecule has 0 radical (unpaired) electrons. The first-order valence-electron chi connectivity index (χ1n) is 9.68. The average Bonchev–Trinajstić information content (AvgIpc) is 3.28. The molecule has 1 saturated carbocycles. The predicted molar refractivity (Wildman–Crippen MR) is 106 cm³/mol. The SMILES string of the molecule is CNC(=O)c1cnc(Nc2ccc3c(c2)C(F)(F)C(=O)C3)cc1NC1CCCC1. The second-order valence-electron chi connectivity index (χ2n) is 7.49. The van der Waals surface area contributed by atoms with Crippen LogP contribution in [0.15, 0.2) is 30.5 Å². The molecule has 1 heterocycles. The van der Waals surface area contributed by atoms with Gasteiger partial charge in [0.05, 0.1) is 11.3 Å². The summed E-state index contributed by atoms with van der Waals surface area (Å²) in [5.41, 5.74) is 1.56. The number of anilines is 3. The highest BCUT2D eigenvalue weighted by atomic mass is 19.3. The van der Waals surface area contributed by atoms with Crippen LogP contribution in [0.1, 0.15) is 47.2 Å². The fraction of sp³-hybridized carbons (Fsp3) is 0.381. The van der Waals surface area contributed by atoms with Crippen molar-refractivity contribution in [3.63, 3.8) is 0 Å². The summed E-state index contributed by atoms with van der Waals surface area (Å²) in [6.45, 7) is 0. The second-order valence-corrected chi connectivity index (χ2v) is 7.49. The first-order valence-corrected chi connectivity index (χ1v) is 9.68. The number of carbonyl (C=O) groups is 2. The van der Waals surface area contributed by atoms with Gasteiger partial charge >= 0.3 is 5.92 Å². The fourth-order valence-corrected chi connectivity index (χ4v) is 3.93. The van der Waals surface area contributed by atoms with Crippen molar-refractivity contribution in [3.05, 3.63) is 47.2 Å². The van der Waals surface area contributed by atoms with Gasteiger partial charge in [-0.15, -0.1) is 0 Å². The summed E-state index contributed by atoms with van der Waals surface area (Å²) in [5, 5.41) is 9.02. The van der Waals surface area contributed by atoms with Gasteiger partial charge in [0, 0.05) is 43.0 Å². The lowest BCUT2D eigenvalue weighted by atomic mass is 10.1. The Kier molecular flexibility index (Phi) is 4.94. The predicted octanol–water partition coefficient (Wildman–Crippen LogP) is 3.76. The molecule has 1 amide bonds. The Morgan fingerprint density at radius 3 is 2.69 bits per heavy atom. The summed E-state index contributed by atoms with van der Waals surface area (Å²) in [6, 6.07) is 6.47. The highest BCUT2D eigenvalue weighted by Crippen LogP contribution is 2.40. The number of amides is 1. The van der Waals surface area contributed by atoms with Crippen LogP contribution in [-0.4, -0.2) is 29.8 Å². The molecule has 6 nitrogen and oxygen atoms in total. The van der Waals surface area contributed by atoms with Gasteiger partial charge in [-0.05, 0) is 30.5 Å². The highest BCUT2D eigenvalue weighted by molar-refractivity contribution is 5.99. The van der Waals surface area contributed by atoms with Gasteiger partial charge in [0.1, 0.15) is 5.82 Å². The molecule has 0 spiro atoms. The van der Waals surface area contributed by atoms with Gasteiger partial charge in [0.25, 0.3) is 5.91 Å². The van der Waals surface area contributed by atoms with Gasteiger partial charge < -0.3 is 16.0 Å². The van der Waals surface area contributed by atoms with Crippen molar-refractivity contribution in [2.45, 2.75) is 44.1 Å². The molecule has 0 atom stereocenters. The number of fused-ring (bicyclic) bond motifs is 1. The molecular weight excluding hydrogens is 378 g/mol. The quantitative estimate of drug-likeness (QED) is 0.712. The maximum Gasteiger partial charge on any atom is 0.331 e. The van der Waals surface area contributed by atoms with Crippen molar-refractivity contribution in [3.8, 4) is 0 Å². The molecule has 2 aliphatic rings. The normalized spacial score (nSPS) is 17.8. The van der Waals surface area contributed by atoms with Crippen molar-refractivity contribution >= 4 is 28.9 Å². The number of hydrogen-bond acceptors (Lipinski definition) is 5. The number of pyridine rings is 1. The summed E-state index contributed by atoms with van der Waals surface area (Å²) in [6.07, 6.45) is 5.57. The van der Waals surface area contributed by atoms with Crippen molar-refractivity contribution in [2.24, 2.45) is 0 Å². The van der Waals surface area contributed by atoms with Crippen LogP contribution in [0.2, 0.25) is 0 Å². The van der Waals surface area contributed by atoms with Crippen LogP contribution in [0, 0.1) is 0 Å². The standard InChI is InChI=1S/C21H22F2N4O2/c1-24-20(29)15-11-25-19(10-17(15)26-13-4-2-3-5-13)27-14-7-6-12-8-18(28)21(22,23)16(12)9-14/h6-7,9-11,13H,2-5,8H2,1H3,(H,24,29)(H2,25,26,27). The number of rotatable bonds is 5. The van der Waals surface area contributed by atoms with E-state index in [2.05, 4.69) is 20.9 Å². The lowest BCUT2D eigenvalue weighted by Gasteiger charge is -2.18. The zero-order chi connectivity index (χ0) is 20.6. The smallest absolute Gasteiger partial charge is 0.331 e. The lowest BCUT2D eigenvalue weighted by Crippen LogP contribution is -2.23. The Balaban J connectivity index is 1.61. The van der Waals surface area contributed by atoms with Gasteiger partial charge in [0.15, 0.2) is 0 Å². The van der Waals surface area contributed by atoms with E-state index in [1.54, 1.807) is 19.2 Å². The van der Waals surface area contributed by atoms with Crippen molar-refractivity contribution < 1.29 is 18.4 Å². The third kappa shape index (κ3) is 3.66. The van der Waals surface area contributed by atoms with E-state index in [0.717, 1.165) is 25.7 Å². The largest absolute Gasteiger partial charge is 0.382 e. The fourth-order valence-electron chi connectivity index (χ4n) is 3.93. The number of Topliss-reactive ketones (excluding diaryl/α,β-unsaturated/α-hetero) is 1. The molecule has 0 unspecified atom stereocenters. The molecule has 8 heteroatoms. The Bertz CT molecular complexity index is 971. The summed E-state index contributed by atoms with van der Waals surface area (Å²) in [4.78, 5) is 28.0. The van der Waals surface area contributed by atoms with Crippen molar-refractivity contribution in [2.75, 3.05) is 17.7 Å². The number of aromatic nitrogens is 1. The van der Waals surface area contributed by atoms with Crippen LogP contribution < -0.4 is 16.0 Å². The Hall–Kier alpha value is -3.03. The number of nitrogens with one attached hydrogen (secondary N) is 3. The van der Waals surface area contributed by atoms with Crippen LogP contribution in [0.4, 0.5) is 26.0 Å². The molecule has 4 rings (SSSR count). The summed E-state index contributed by atoms with van der Waals surface area (Å²) >= 11 is 0. The van der Waals surface area contributed by atoms with Crippen LogP contribution in [0.25, 0.3) is 0 Å². The number of hydrogen-bond donors (Lipinski definition) is 3. The zero-order valence-electron chi connectivity index (χ0n) is 16.0. The third-order valence-corrected chi connectivity index (χ3v) is 5.51. The Labute approximate surface area is 167 Å². The van der Waals surface area contributed by atoms with E-state index in [1.807, 2.05) is 0 Å². The number of nitrogens with zero attached hydrogens (tertiary/aromatic N) is 1. The molecule has 1 aromatic carbocycles. The number of carbonyl (C=O) groups excluding carboxylic acids is 2. The Morgan fingerprint density at radius 2 is 1.97 bits per heavy atom. The molecule has 3 N–H and O–H groups in total. The van der Waals surface area contributed by atoms with E-state index < -0.39 is 11.7 Å². The van der Waals surface area contributed by atoms with Gasteiger partial charge in [-0.3, -0.25) is 9.59 Å². The maximum absolute atomic E-state index is 14.1. The average molecular weight is 400 g/mol. The number of alkyl halides is 2. The van der Waals surface area contributed by atoms with Gasteiger partial charge in [0.2, 0.25) is 5.78 Å². The minimum atomic E-state index is -3.46. The topological polar surface area (TPSA) is 83.1 Å². The number of halogens is 2.